The Balaban J connectivity index is 1.76. The lowest BCUT2D eigenvalue weighted by molar-refractivity contribution is 0.153. The quantitative estimate of drug-likeness (QED) is 0.876. The number of hydrogen-bond donors (Lipinski definition) is 2. The van der Waals surface area contributed by atoms with Gasteiger partial charge in [0.1, 0.15) is 6.67 Å². The van der Waals surface area contributed by atoms with Crippen molar-refractivity contribution in [3.8, 4) is 0 Å². The second kappa shape index (κ2) is 7.98. The molecule has 2 rings (SSSR count). The molecular weight excluding hydrogens is 269 g/mol. The fraction of sp³-hybridized carbons (Fsp3) is 0.562. The molecule has 0 unspecified atom stereocenters. The third-order valence-corrected chi connectivity index (χ3v) is 4.07. The number of amides is 2. The van der Waals surface area contributed by atoms with Crippen molar-refractivity contribution < 1.29 is 9.18 Å². The number of carbonyl (C=O) groups excluding carboxylic acids is 1. The van der Waals surface area contributed by atoms with Crippen molar-refractivity contribution in [1.82, 2.24) is 15.5 Å². The minimum atomic E-state index is -0.527. The summed E-state index contributed by atoms with van der Waals surface area (Å²) in [7, 11) is 0. The number of carbonyl (C=O) groups is 1. The minimum Gasteiger partial charge on any atom is -0.336 e. The van der Waals surface area contributed by atoms with Crippen LogP contribution in [0.4, 0.5) is 9.18 Å². The summed E-state index contributed by atoms with van der Waals surface area (Å²) in [4.78, 5) is 13.9. The van der Waals surface area contributed by atoms with E-state index >= 15 is 0 Å². The summed E-state index contributed by atoms with van der Waals surface area (Å²) in [5, 5.41) is 5.41. The van der Waals surface area contributed by atoms with E-state index in [-0.39, 0.29) is 18.6 Å². The molecule has 1 aliphatic heterocycles. The lowest BCUT2D eigenvalue weighted by atomic mass is 10.0. The molecule has 1 saturated heterocycles. The van der Waals surface area contributed by atoms with Crippen LogP contribution >= 0.6 is 0 Å². The Labute approximate surface area is 125 Å². The summed E-state index contributed by atoms with van der Waals surface area (Å²) in [6.45, 7) is 3.70. The summed E-state index contributed by atoms with van der Waals surface area (Å²) in [5.74, 6) is 0. The first-order valence-electron chi connectivity index (χ1n) is 7.60. The number of likely N-dealkylation sites (tertiary alicyclic amines) is 1. The number of urea groups is 1. The van der Waals surface area contributed by atoms with Crippen molar-refractivity contribution in [3.63, 3.8) is 0 Å². The fourth-order valence-electron chi connectivity index (χ4n) is 2.77. The summed E-state index contributed by atoms with van der Waals surface area (Å²) in [6, 6.07) is 10.8. The molecule has 2 N–H and O–H groups in total. The zero-order valence-electron chi connectivity index (χ0n) is 12.5. The van der Waals surface area contributed by atoms with Gasteiger partial charge in [0.2, 0.25) is 0 Å². The molecule has 1 heterocycles. The van der Waals surface area contributed by atoms with Crippen molar-refractivity contribution in [2.24, 2.45) is 0 Å². The van der Waals surface area contributed by atoms with Crippen LogP contribution in [0.1, 0.15) is 31.4 Å². The summed E-state index contributed by atoms with van der Waals surface area (Å²) < 4.78 is 12.0. The Kier molecular flexibility index (Phi) is 5.99. The molecule has 0 bridgehead atoms. The van der Waals surface area contributed by atoms with E-state index in [0.29, 0.717) is 6.04 Å². The Bertz CT molecular complexity index is 432. The number of halogens is 1. The number of alkyl halides is 1. The van der Waals surface area contributed by atoms with E-state index in [9.17, 15) is 9.18 Å². The van der Waals surface area contributed by atoms with Crippen molar-refractivity contribution in [2.45, 2.75) is 31.8 Å². The van der Waals surface area contributed by atoms with Gasteiger partial charge in [-0.25, -0.2) is 9.18 Å². The fourth-order valence-corrected chi connectivity index (χ4v) is 2.77. The molecule has 116 valence electrons. The molecule has 2 amide bonds. The first-order valence-corrected chi connectivity index (χ1v) is 7.60. The van der Waals surface area contributed by atoms with Gasteiger partial charge in [-0.15, -0.1) is 0 Å². The van der Waals surface area contributed by atoms with Crippen molar-refractivity contribution in [3.05, 3.63) is 35.9 Å². The van der Waals surface area contributed by atoms with Crippen molar-refractivity contribution >= 4 is 6.03 Å². The topological polar surface area (TPSA) is 44.4 Å². The van der Waals surface area contributed by atoms with Gasteiger partial charge in [0.25, 0.3) is 0 Å². The zero-order valence-corrected chi connectivity index (χ0v) is 12.5. The average molecular weight is 293 g/mol. The highest BCUT2D eigenvalue weighted by Crippen LogP contribution is 2.23. The third kappa shape index (κ3) is 4.70. The Morgan fingerprint density at radius 1 is 1.33 bits per heavy atom. The van der Waals surface area contributed by atoms with Gasteiger partial charge in [-0.05, 0) is 25.3 Å². The molecule has 1 aliphatic rings. The normalized spacial score (nSPS) is 18.2. The zero-order chi connectivity index (χ0) is 15.1. The van der Waals surface area contributed by atoms with E-state index in [4.69, 9.17) is 0 Å². The third-order valence-electron chi connectivity index (χ3n) is 4.07. The molecule has 1 fully saturated rings. The van der Waals surface area contributed by atoms with Crippen LogP contribution in [-0.2, 0) is 0 Å². The van der Waals surface area contributed by atoms with Gasteiger partial charge in [-0.2, -0.15) is 0 Å². The molecule has 0 aromatic heterocycles. The van der Waals surface area contributed by atoms with Crippen LogP contribution in [0, 0.1) is 0 Å². The second-order valence-electron chi connectivity index (χ2n) is 5.49. The first kappa shape index (κ1) is 15.8. The van der Waals surface area contributed by atoms with Gasteiger partial charge in [0.15, 0.2) is 0 Å². The van der Waals surface area contributed by atoms with Crippen LogP contribution in [0.2, 0.25) is 0 Å². The second-order valence-corrected chi connectivity index (χ2v) is 5.49. The maximum absolute atomic E-state index is 12.0. The predicted octanol–water partition coefficient (Wildman–Crippen LogP) is 2.48. The molecule has 0 aliphatic carbocycles. The van der Waals surface area contributed by atoms with Gasteiger partial charge < -0.3 is 10.6 Å². The number of nitrogens with zero attached hydrogens (tertiary/aromatic N) is 1. The van der Waals surface area contributed by atoms with Crippen molar-refractivity contribution in [1.29, 1.82) is 0 Å². The van der Waals surface area contributed by atoms with E-state index in [1.165, 1.54) is 5.56 Å². The van der Waals surface area contributed by atoms with Gasteiger partial charge in [0.05, 0.1) is 0 Å². The maximum Gasteiger partial charge on any atom is 0.315 e. The lowest BCUT2D eigenvalue weighted by Crippen LogP contribution is -2.48. The minimum absolute atomic E-state index is 0.0791. The maximum atomic E-state index is 12.0. The van der Waals surface area contributed by atoms with E-state index < -0.39 is 6.67 Å². The predicted molar refractivity (Wildman–Crippen MR) is 82.0 cm³/mol. The van der Waals surface area contributed by atoms with Crippen LogP contribution in [-0.4, -0.2) is 43.3 Å². The highest BCUT2D eigenvalue weighted by atomic mass is 19.1. The lowest BCUT2D eigenvalue weighted by Gasteiger charge is -2.36. The van der Waals surface area contributed by atoms with Crippen LogP contribution in [0.3, 0.4) is 0 Å². The summed E-state index contributed by atoms with van der Waals surface area (Å²) >= 11 is 0. The number of piperidine rings is 1. The van der Waals surface area contributed by atoms with Gasteiger partial charge in [0, 0.05) is 31.7 Å². The van der Waals surface area contributed by atoms with E-state index in [1.54, 1.807) is 0 Å². The molecule has 5 heteroatoms. The Hall–Kier alpha value is -1.62. The SMILES string of the molecule is C[C@@H](c1ccccc1)N1CCC(NC(=O)NCCF)CC1. The van der Waals surface area contributed by atoms with Crippen LogP contribution < -0.4 is 10.6 Å². The molecule has 21 heavy (non-hydrogen) atoms. The van der Waals surface area contributed by atoms with Crippen LogP contribution in [0.15, 0.2) is 30.3 Å². The Morgan fingerprint density at radius 3 is 2.62 bits per heavy atom. The van der Waals surface area contributed by atoms with Gasteiger partial charge in [-0.3, -0.25) is 4.90 Å². The summed E-state index contributed by atoms with van der Waals surface area (Å²) in [5.41, 5.74) is 1.32. The number of benzene rings is 1. The smallest absolute Gasteiger partial charge is 0.315 e. The van der Waals surface area contributed by atoms with Crippen LogP contribution in [0.5, 0.6) is 0 Å². The molecule has 1 aromatic rings. The molecule has 0 spiro atoms. The molecule has 1 atom stereocenters. The summed E-state index contributed by atoms with van der Waals surface area (Å²) in [6.07, 6.45) is 1.86. The largest absolute Gasteiger partial charge is 0.336 e. The number of rotatable bonds is 5. The van der Waals surface area contributed by atoms with E-state index in [0.717, 1.165) is 25.9 Å². The highest BCUT2D eigenvalue weighted by Gasteiger charge is 2.24. The standard InChI is InChI=1S/C16H24FN3O/c1-13(14-5-3-2-4-6-14)20-11-7-15(8-12-20)19-16(21)18-10-9-17/h2-6,13,15H,7-12H2,1H3,(H2,18,19,21)/t13-/m0/s1. The first-order chi connectivity index (χ1) is 10.2. The van der Waals surface area contributed by atoms with Crippen molar-refractivity contribution in [2.75, 3.05) is 26.3 Å². The highest BCUT2D eigenvalue weighted by molar-refractivity contribution is 5.74. The molecule has 1 aromatic carbocycles. The molecule has 0 radical (unpaired) electrons. The molecular formula is C16H24FN3O. The Morgan fingerprint density at radius 2 is 2.00 bits per heavy atom. The molecule has 4 nitrogen and oxygen atoms in total. The number of nitrogens with one attached hydrogen (secondary N) is 2. The molecule has 0 saturated carbocycles. The number of hydrogen-bond acceptors (Lipinski definition) is 2. The van der Waals surface area contributed by atoms with Crippen LogP contribution in [0.25, 0.3) is 0 Å². The van der Waals surface area contributed by atoms with Gasteiger partial charge >= 0.3 is 6.03 Å². The van der Waals surface area contributed by atoms with E-state index in [2.05, 4.69) is 46.7 Å². The average Bonchev–Trinajstić information content (AvgIpc) is 2.54. The van der Waals surface area contributed by atoms with Gasteiger partial charge in [-0.1, -0.05) is 30.3 Å². The monoisotopic (exact) mass is 293 g/mol. The van der Waals surface area contributed by atoms with E-state index in [1.807, 2.05) is 6.07 Å².